The molecule has 2 aliphatic rings. The van der Waals surface area contributed by atoms with Crippen LogP contribution >= 0.6 is 23.1 Å². The molecular weight excluding hydrogens is 575 g/mol. The quantitative estimate of drug-likeness (QED) is 0.211. The molecule has 0 spiro atoms. The molecule has 4 aromatic rings. The van der Waals surface area contributed by atoms with Gasteiger partial charge in [0.05, 0.1) is 12.9 Å². The number of benzene rings is 4. The fourth-order valence-electron chi connectivity index (χ4n) is 6.10. The first-order valence-corrected chi connectivity index (χ1v) is 16.5. The molecule has 1 fully saturated rings. The van der Waals surface area contributed by atoms with Crippen molar-refractivity contribution in [3.05, 3.63) is 131 Å². The van der Waals surface area contributed by atoms with Gasteiger partial charge in [0.15, 0.2) is 0 Å². The molecule has 1 saturated heterocycles. The number of piperazine rings is 1. The summed E-state index contributed by atoms with van der Waals surface area (Å²) in [5.74, 6) is 2.56. The van der Waals surface area contributed by atoms with Gasteiger partial charge in [-0.1, -0.05) is 96.5 Å². The molecule has 0 amide bonds. The molecule has 0 aromatic heterocycles. The minimum atomic E-state index is -2.36. The Morgan fingerprint density at radius 1 is 0.750 bits per heavy atom. The average molecular weight is 612 g/mol. The fraction of sp³-hybridized carbons (Fsp3) is 0.235. The highest BCUT2D eigenvalue weighted by atomic mass is 79.9. The van der Waals surface area contributed by atoms with E-state index in [4.69, 9.17) is 4.74 Å². The zero-order valence-corrected chi connectivity index (χ0v) is 25.9. The molecule has 204 valence electrons. The number of likely N-dealkylation sites (N-methyl/N-ethyl adjacent to an activating group) is 1. The van der Waals surface area contributed by atoms with Crippen LogP contribution in [0.2, 0.25) is 0 Å². The molecule has 6 heteroatoms. The molecule has 0 radical (unpaired) electrons. The number of hydrogen-bond donors (Lipinski definition) is 0. The minimum absolute atomic E-state index is 0.132. The zero-order valence-electron chi connectivity index (χ0n) is 23.4. The molecule has 0 N–H and O–H groups in total. The molecule has 1 atom stereocenters. The van der Waals surface area contributed by atoms with Crippen LogP contribution in [0.25, 0.3) is 0 Å². The molecule has 4 nitrogen and oxygen atoms in total. The van der Waals surface area contributed by atoms with Gasteiger partial charge in [-0.3, -0.25) is 4.67 Å². The van der Waals surface area contributed by atoms with Gasteiger partial charge >= 0.3 is 0 Å². The number of para-hydroxylation sites is 2. The molecule has 4 aromatic carbocycles. The van der Waals surface area contributed by atoms with E-state index in [0.717, 1.165) is 36.3 Å². The topological polar surface area (TPSA) is 22.1 Å². The summed E-state index contributed by atoms with van der Waals surface area (Å²) in [6.07, 6.45) is 0. The third-order valence-corrected chi connectivity index (χ3v) is 12.3. The summed E-state index contributed by atoms with van der Waals surface area (Å²) in [6.45, 7) is 8.53. The van der Waals surface area contributed by atoms with Crippen molar-refractivity contribution in [2.45, 2.75) is 19.3 Å². The lowest BCUT2D eigenvalue weighted by Gasteiger charge is -2.43. The Labute approximate surface area is 247 Å². The number of hydrogen-bond acceptors (Lipinski definition) is 3. The predicted octanol–water partition coefficient (Wildman–Crippen LogP) is 8.61. The van der Waals surface area contributed by atoms with Crippen molar-refractivity contribution in [3.63, 3.8) is 0 Å². The van der Waals surface area contributed by atoms with E-state index >= 15 is 0 Å². The number of allylic oxidation sites excluding steroid dienone is 1. The molecule has 1 unspecified atom stereocenters. The first-order valence-electron chi connectivity index (χ1n) is 13.9. The first kappa shape index (κ1) is 27.1. The van der Waals surface area contributed by atoms with E-state index in [1.807, 2.05) is 0 Å². The molecule has 40 heavy (non-hydrogen) atoms. The molecule has 0 bridgehead atoms. The van der Waals surface area contributed by atoms with Crippen LogP contribution in [0, 0.1) is 0 Å². The molecule has 2 heterocycles. The van der Waals surface area contributed by atoms with Crippen molar-refractivity contribution >= 4 is 45.5 Å². The average Bonchev–Trinajstić information content (AvgIpc) is 3.19. The minimum Gasteiger partial charge on any atom is -0.369 e. The summed E-state index contributed by atoms with van der Waals surface area (Å²) in [7, 11) is -0.147. The van der Waals surface area contributed by atoms with Gasteiger partial charge in [0, 0.05) is 65.5 Å². The third-order valence-electron chi connectivity index (χ3n) is 8.28. The maximum atomic E-state index is 5.74. The van der Waals surface area contributed by atoms with Crippen LogP contribution in [-0.2, 0) is 5.41 Å². The maximum absolute atomic E-state index is 5.74. The Hall–Kier alpha value is -3.11. The normalized spacial score (nSPS) is 19.4. The van der Waals surface area contributed by atoms with E-state index in [9.17, 15) is 0 Å². The lowest BCUT2D eigenvalue weighted by molar-refractivity contribution is 0.417. The van der Waals surface area contributed by atoms with Gasteiger partial charge < -0.3 is 9.80 Å². The van der Waals surface area contributed by atoms with Gasteiger partial charge in [0.2, 0.25) is 0 Å². The maximum Gasteiger partial charge on any atom is 0.0899 e. The van der Waals surface area contributed by atoms with Crippen molar-refractivity contribution in [2.24, 2.45) is 4.74 Å². The van der Waals surface area contributed by atoms with Crippen molar-refractivity contribution in [1.82, 2.24) is 4.67 Å². The molecule has 0 aliphatic carbocycles. The lowest BCUT2D eigenvalue weighted by atomic mass is 9.84. The summed E-state index contributed by atoms with van der Waals surface area (Å²) in [4.78, 5) is 4.90. The molecule has 2 aliphatic heterocycles. The van der Waals surface area contributed by atoms with Crippen LogP contribution in [0.15, 0.2) is 130 Å². The van der Waals surface area contributed by atoms with Crippen LogP contribution in [-0.4, -0.2) is 37.9 Å². The highest BCUT2D eigenvalue weighted by Gasteiger charge is 2.41. The van der Waals surface area contributed by atoms with Crippen molar-refractivity contribution in [2.75, 3.05) is 43.0 Å². The fourth-order valence-corrected chi connectivity index (χ4v) is 10.0. The van der Waals surface area contributed by atoms with Crippen molar-refractivity contribution in [3.8, 4) is 0 Å². The second-order valence-electron chi connectivity index (χ2n) is 11.1. The smallest absolute Gasteiger partial charge is 0.0899 e. The number of rotatable bonds is 5. The summed E-state index contributed by atoms with van der Waals surface area (Å²) in [6, 6.07) is 39.1. The predicted molar refractivity (Wildman–Crippen MR) is 175 cm³/mol. The van der Waals surface area contributed by atoms with Crippen LogP contribution in [0.4, 0.5) is 17.1 Å². The Balaban J connectivity index is 1.53. The van der Waals surface area contributed by atoms with Crippen LogP contribution in [0.5, 0.6) is 0 Å². The largest absolute Gasteiger partial charge is 0.369 e. The Morgan fingerprint density at radius 3 is 2.00 bits per heavy atom. The summed E-state index contributed by atoms with van der Waals surface area (Å²) < 4.78 is 9.49. The third kappa shape index (κ3) is 4.96. The van der Waals surface area contributed by atoms with Crippen LogP contribution in [0.1, 0.15) is 19.4 Å². The van der Waals surface area contributed by atoms with Crippen molar-refractivity contribution in [1.29, 1.82) is 0 Å². The van der Waals surface area contributed by atoms with E-state index in [1.165, 1.54) is 27.9 Å². The second kappa shape index (κ2) is 11.0. The molecule has 0 saturated carbocycles. The van der Waals surface area contributed by atoms with E-state index in [2.05, 4.69) is 166 Å². The van der Waals surface area contributed by atoms with Crippen LogP contribution < -0.4 is 15.1 Å². The number of nitrogens with zero attached hydrogens (tertiary/aromatic N) is 4. The van der Waals surface area contributed by atoms with Gasteiger partial charge in [-0.25, -0.2) is 4.74 Å². The second-order valence-corrected chi connectivity index (χ2v) is 14.8. The first-order chi connectivity index (χ1) is 19.4. The summed E-state index contributed by atoms with van der Waals surface area (Å²) >= 11 is 3.62. The number of anilines is 2. The van der Waals surface area contributed by atoms with Gasteiger partial charge in [-0.15, -0.1) is 0 Å². The Kier molecular flexibility index (Phi) is 7.48. The monoisotopic (exact) mass is 610 g/mol. The number of halogens is 1. The van der Waals surface area contributed by atoms with E-state index in [1.54, 1.807) is 0 Å². The molecule has 6 rings (SSSR count). The zero-order chi connectivity index (χ0) is 27.7. The van der Waals surface area contributed by atoms with Gasteiger partial charge in [-0.05, 0) is 53.8 Å². The highest BCUT2D eigenvalue weighted by molar-refractivity contribution is 9.10. The van der Waals surface area contributed by atoms with E-state index in [0.29, 0.717) is 0 Å². The number of fused-ring (bicyclic) bond motifs is 1. The summed E-state index contributed by atoms with van der Waals surface area (Å²) in [5, 5.41) is 1.29. The Morgan fingerprint density at radius 2 is 1.35 bits per heavy atom. The van der Waals surface area contributed by atoms with Gasteiger partial charge in [0.25, 0.3) is 0 Å². The van der Waals surface area contributed by atoms with Crippen LogP contribution in [0.3, 0.4) is 0 Å². The van der Waals surface area contributed by atoms with Gasteiger partial charge in [-0.2, -0.15) is 0 Å². The SMILES string of the molecule is CN1C(=CP(=Nc2ccc(Br)cc2)(c2ccccc2)N2CCN(c3ccccc3)CC2)C(C)(C)c2ccccc21. The summed E-state index contributed by atoms with van der Waals surface area (Å²) in [5.41, 5.74) is 6.14. The van der Waals surface area contributed by atoms with Gasteiger partial charge in [0.1, 0.15) is 0 Å². The van der Waals surface area contributed by atoms with E-state index in [-0.39, 0.29) is 5.41 Å². The van der Waals surface area contributed by atoms with Crippen molar-refractivity contribution < 1.29 is 0 Å². The standard InChI is InChI=1S/C34H36BrN4P/c1-34(2)31-16-10-11-17-32(31)37(3)33(34)26-40(30-14-8-5-9-15-30,36-28-20-18-27(35)19-21-28)39-24-22-38(23-25-39)29-12-6-4-7-13-29/h4-21,26H,22-25H2,1-3H3. The Bertz CT molecular complexity index is 1560. The molecular formula is C34H36BrN4P. The lowest BCUT2D eigenvalue weighted by Crippen LogP contribution is -2.46. The van der Waals surface area contributed by atoms with E-state index < -0.39 is 7.21 Å². The highest BCUT2D eigenvalue weighted by Crippen LogP contribution is 2.60.